The summed E-state index contributed by atoms with van der Waals surface area (Å²) in [5.74, 6) is -1.71. The number of hydrogen-bond donors (Lipinski definition) is 1. The van der Waals surface area contributed by atoms with Crippen molar-refractivity contribution in [3.63, 3.8) is 0 Å². The van der Waals surface area contributed by atoms with Crippen LogP contribution in [0.25, 0.3) is 0 Å². The van der Waals surface area contributed by atoms with Gasteiger partial charge in [-0.3, -0.25) is 9.59 Å². The van der Waals surface area contributed by atoms with Gasteiger partial charge < -0.3 is 10.1 Å². The summed E-state index contributed by atoms with van der Waals surface area (Å²) in [7, 11) is -2.28. The van der Waals surface area contributed by atoms with Gasteiger partial charge in [0, 0.05) is 33.0 Å². The van der Waals surface area contributed by atoms with E-state index in [1.165, 1.54) is 36.5 Å². The number of hydrogen-bond acceptors (Lipinski definition) is 7. The number of hydrazone groups is 1. The van der Waals surface area contributed by atoms with E-state index in [4.69, 9.17) is 16.3 Å². The maximum atomic E-state index is 12.9. The number of carbonyl (C=O) groups is 3. The number of nitrogens with zero attached hydrogens (tertiary/aromatic N) is 3. The first kappa shape index (κ1) is 24.1. The van der Waals surface area contributed by atoms with Crippen molar-refractivity contribution >= 4 is 50.8 Å². The van der Waals surface area contributed by atoms with Crippen molar-refractivity contribution in [2.45, 2.75) is 50.0 Å². The highest BCUT2D eigenvalue weighted by Gasteiger charge is 2.28. The molecular weight excluding hydrogens is 460 g/mol. The van der Waals surface area contributed by atoms with Crippen molar-refractivity contribution in [3.05, 3.63) is 23.2 Å². The maximum absolute atomic E-state index is 12.9. The molecule has 0 aromatic heterocycles. The number of benzene rings is 1. The van der Waals surface area contributed by atoms with E-state index in [0.717, 1.165) is 24.3 Å². The quantitative estimate of drug-likeness (QED) is 0.615. The number of esters is 1. The average molecular weight is 485 g/mol. The molecule has 174 valence electrons. The minimum Gasteiger partial charge on any atom is -0.448 e. The second-order valence-electron chi connectivity index (χ2n) is 7.61. The van der Waals surface area contributed by atoms with Gasteiger partial charge in [0.1, 0.15) is 5.71 Å². The minimum absolute atomic E-state index is 0.0213. The smallest absolute Gasteiger partial charge is 0.355 e. The van der Waals surface area contributed by atoms with Crippen molar-refractivity contribution < 1.29 is 27.5 Å². The Morgan fingerprint density at radius 2 is 1.88 bits per heavy atom. The predicted molar refractivity (Wildman–Crippen MR) is 118 cm³/mol. The molecule has 2 aliphatic heterocycles. The monoisotopic (exact) mass is 484 g/mol. The van der Waals surface area contributed by atoms with Crippen LogP contribution in [-0.4, -0.2) is 67.5 Å². The molecule has 32 heavy (non-hydrogen) atoms. The molecule has 0 radical (unpaired) electrons. The highest BCUT2D eigenvalue weighted by molar-refractivity contribution is 7.89. The van der Waals surface area contributed by atoms with Gasteiger partial charge in [0.2, 0.25) is 15.9 Å². The molecule has 3 rings (SSSR count). The lowest BCUT2D eigenvalue weighted by molar-refractivity contribution is -0.146. The molecule has 0 unspecified atom stereocenters. The van der Waals surface area contributed by atoms with Crippen LogP contribution in [0.4, 0.5) is 5.69 Å². The van der Waals surface area contributed by atoms with Gasteiger partial charge in [-0.05, 0) is 38.0 Å². The van der Waals surface area contributed by atoms with Gasteiger partial charge in [-0.1, -0.05) is 18.0 Å². The van der Waals surface area contributed by atoms with Crippen LogP contribution >= 0.6 is 11.6 Å². The lowest BCUT2D eigenvalue weighted by Crippen LogP contribution is -2.36. The van der Waals surface area contributed by atoms with E-state index in [9.17, 15) is 22.8 Å². The third-order valence-corrected chi connectivity index (χ3v) is 7.47. The molecular formula is C20H25ClN4O6S. The van der Waals surface area contributed by atoms with Crippen LogP contribution in [-0.2, 0) is 29.1 Å². The van der Waals surface area contributed by atoms with Gasteiger partial charge in [0.15, 0.2) is 6.10 Å². The fourth-order valence-corrected chi connectivity index (χ4v) is 5.06. The van der Waals surface area contributed by atoms with Crippen molar-refractivity contribution in [2.75, 3.05) is 25.5 Å². The number of halogens is 1. The Labute approximate surface area is 191 Å². The number of sulfonamides is 1. The zero-order valence-electron chi connectivity index (χ0n) is 17.8. The van der Waals surface area contributed by atoms with Gasteiger partial charge >= 0.3 is 5.97 Å². The Hall–Kier alpha value is -2.50. The summed E-state index contributed by atoms with van der Waals surface area (Å²) in [4.78, 5) is 36.3. The third kappa shape index (κ3) is 5.45. The molecule has 10 nitrogen and oxygen atoms in total. The van der Waals surface area contributed by atoms with E-state index in [2.05, 4.69) is 10.4 Å². The van der Waals surface area contributed by atoms with Crippen molar-refractivity contribution in [1.82, 2.24) is 9.31 Å². The summed E-state index contributed by atoms with van der Waals surface area (Å²) in [6, 6.07) is 4.09. The highest BCUT2D eigenvalue weighted by atomic mass is 35.5. The Kier molecular flexibility index (Phi) is 7.52. The van der Waals surface area contributed by atoms with Crippen LogP contribution in [0.2, 0.25) is 5.02 Å². The van der Waals surface area contributed by atoms with Crippen LogP contribution in [0, 0.1) is 0 Å². The SMILES string of the molecule is C[C@@H](OC(=O)C1=NN(C)C(=O)CC1)C(=O)Nc1cc(S(=O)(=O)N2CCCCC2)ccc1Cl. The Balaban J connectivity index is 1.69. The van der Waals surface area contributed by atoms with Crippen molar-refractivity contribution in [3.8, 4) is 0 Å². The molecule has 2 amide bonds. The molecule has 1 saturated heterocycles. The number of carbonyl (C=O) groups excluding carboxylic acids is 3. The molecule has 0 aliphatic carbocycles. The third-order valence-electron chi connectivity index (χ3n) is 5.24. The zero-order valence-corrected chi connectivity index (χ0v) is 19.4. The molecule has 1 N–H and O–H groups in total. The van der Waals surface area contributed by atoms with Gasteiger partial charge in [-0.15, -0.1) is 0 Å². The molecule has 0 spiro atoms. The number of piperidine rings is 1. The van der Waals surface area contributed by atoms with E-state index in [-0.39, 0.29) is 40.1 Å². The summed E-state index contributed by atoms with van der Waals surface area (Å²) in [5, 5.41) is 7.57. The number of anilines is 1. The van der Waals surface area contributed by atoms with Crippen LogP contribution in [0.5, 0.6) is 0 Å². The predicted octanol–water partition coefficient (Wildman–Crippen LogP) is 1.99. The first-order valence-corrected chi connectivity index (χ1v) is 12.1. The van der Waals surface area contributed by atoms with Crippen LogP contribution in [0.3, 0.4) is 0 Å². The first-order valence-electron chi connectivity index (χ1n) is 10.2. The first-order chi connectivity index (χ1) is 15.1. The highest BCUT2D eigenvalue weighted by Crippen LogP contribution is 2.28. The Morgan fingerprint density at radius 1 is 1.19 bits per heavy atom. The second-order valence-corrected chi connectivity index (χ2v) is 9.95. The number of ether oxygens (including phenoxy) is 1. The second kappa shape index (κ2) is 9.97. The molecule has 1 atom stereocenters. The molecule has 1 aromatic carbocycles. The lowest BCUT2D eigenvalue weighted by atomic mass is 10.2. The normalized spacial score (nSPS) is 18.7. The summed E-state index contributed by atoms with van der Waals surface area (Å²) in [6.07, 6.45) is 1.64. The summed E-state index contributed by atoms with van der Waals surface area (Å²) in [5.41, 5.74) is 0.136. The van der Waals surface area contributed by atoms with Crippen molar-refractivity contribution in [2.24, 2.45) is 5.10 Å². The fraction of sp³-hybridized carbons (Fsp3) is 0.500. The largest absolute Gasteiger partial charge is 0.448 e. The summed E-state index contributed by atoms with van der Waals surface area (Å²) < 4.78 is 32.4. The Morgan fingerprint density at radius 3 is 2.53 bits per heavy atom. The van der Waals surface area contributed by atoms with Crippen LogP contribution in [0.1, 0.15) is 39.0 Å². The standard InChI is InChI=1S/C20H25ClN4O6S/c1-13(31-20(28)16-8-9-18(26)24(2)23-16)19(27)22-17-12-14(6-7-15(17)21)32(29,30)25-10-4-3-5-11-25/h6-7,12-13H,3-5,8-11H2,1-2H3,(H,22,27)/t13-/m1/s1. The number of amides is 2. The molecule has 0 bridgehead atoms. The van der Waals surface area contributed by atoms with Gasteiger partial charge in [-0.25, -0.2) is 18.2 Å². The van der Waals surface area contributed by atoms with Gasteiger partial charge in [0.05, 0.1) is 15.6 Å². The minimum atomic E-state index is -3.71. The van der Waals surface area contributed by atoms with E-state index in [1.807, 2.05) is 0 Å². The van der Waals surface area contributed by atoms with E-state index >= 15 is 0 Å². The summed E-state index contributed by atoms with van der Waals surface area (Å²) in [6.45, 7) is 2.27. The average Bonchev–Trinajstić information content (AvgIpc) is 2.77. The fourth-order valence-electron chi connectivity index (χ4n) is 3.35. The number of nitrogens with one attached hydrogen (secondary N) is 1. The van der Waals surface area contributed by atoms with Crippen molar-refractivity contribution in [1.29, 1.82) is 0 Å². The van der Waals surface area contributed by atoms with Gasteiger partial charge in [0.25, 0.3) is 5.91 Å². The molecule has 2 aliphatic rings. The zero-order chi connectivity index (χ0) is 23.5. The molecule has 1 fully saturated rings. The summed E-state index contributed by atoms with van der Waals surface area (Å²) >= 11 is 6.15. The molecule has 2 heterocycles. The molecule has 0 saturated carbocycles. The van der Waals surface area contributed by atoms with E-state index in [0.29, 0.717) is 13.1 Å². The Bertz CT molecular complexity index is 1050. The van der Waals surface area contributed by atoms with E-state index < -0.39 is 28.0 Å². The van der Waals surface area contributed by atoms with Crippen LogP contribution in [0.15, 0.2) is 28.2 Å². The maximum Gasteiger partial charge on any atom is 0.355 e. The van der Waals surface area contributed by atoms with E-state index in [1.54, 1.807) is 0 Å². The lowest BCUT2D eigenvalue weighted by Gasteiger charge is -2.26. The van der Waals surface area contributed by atoms with Gasteiger partial charge in [-0.2, -0.15) is 9.41 Å². The molecule has 12 heteroatoms. The molecule has 1 aromatic rings. The van der Waals surface area contributed by atoms with Crippen LogP contribution < -0.4 is 5.32 Å². The number of rotatable bonds is 6. The topological polar surface area (TPSA) is 125 Å².